The summed E-state index contributed by atoms with van der Waals surface area (Å²) in [6.07, 6.45) is 4.80. The number of nitrogens with two attached hydrogens (primary N) is 1. The zero-order valence-electron chi connectivity index (χ0n) is 15.8. The second-order valence-electron chi connectivity index (χ2n) is 6.15. The van der Waals surface area contributed by atoms with E-state index in [1.54, 1.807) is 6.92 Å². The predicted molar refractivity (Wildman–Crippen MR) is 96.3 cm³/mol. The Morgan fingerprint density at radius 2 is 1.42 bits per heavy atom. The third-order valence-electron chi connectivity index (χ3n) is 3.89. The van der Waals surface area contributed by atoms with Crippen LogP contribution in [-0.2, 0) is 14.4 Å². The van der Waals surface area contributed by atoms with Crippen molar-refractivity contribution in [3.8, 4) is 0 Å². The smallest absolute Gasteiger partial charge is 0.246 e. The van der Waals surface area contributed by atoms with Gasteiger partial charge in [-0.15, -0.1) is 0 Å². The molecule has 0 aromatic rings. The maximum atomic E-state index is 11.7. The maximum Gasteiger partial charge on any atom is 0.246 e. The minimum absolute atomic E-state index is 0.0299. The average molecular weight is 374 g/mol. The van der Waals surface area contributed by atoms with Crippen LogP contribution in [-0.4, -0.2) is 64.4 Å². The number of amides is 3. The first-order chi connectivity index (χ1) is 12.4. The summed E-state index contributed by atoms with van der Waals surface area (Å²) in [4.78, 5) is 34.5. The minimum atomic E-state index is -0.462. The lowest BCUT2D eigenvalue weighted by atomic mass is 10.2. The molecule has 0 bridgehead atoms. The van der Waals surface area contributed by atoms with Crippen LogP contribution in [0.3, 0.4) is 0 Å². The fourth-order valence-corrected chi connectivity index (χ4v) is 2.24. The van der Waals surface area contributed by atoms with Gasteiger partial charge in [-0.2, -0.15) is 0 Å². The first kappa shape index (κ1) is 24.3. The Labute approximate surface area is 155 Å². The summed E-state index contributed by atoms with van der Waals surface area (Å²) >= 11 is 0. The van der Waals surface area contributed by atoms with Gasteiger partial charge in [-0.25, -0.2) is 10.1 Å². The van der Waals surface area contributed by atoms with Crippen LogP contribution in [0, 0.1) is 0 Å². The molecule has 0 unspecified atom stereocenters. The van der Waals surface area contributed by atoms with Crippen molar-refractivity contribution in [2.75, 3.05) is 26.2 Å². The molecule has 0 aliphatic heterocycles. The van der Waals surface area contributed by atoms with Crippen LogP contribution in [0.2, 0.25) is 0 Å². The van der Waals surface area contributed by atoms with Gasteiger partial charge in [0.2, 0.25) is 17.7 Å². The van der Waals surface area contributed by atoms with Crippen molar-refractivity contribution < 1.29 is 24.8 Å². The van der Waals surface area contributed by atoms with Gasteiger partial charge in [0.05, 0.1) is 0 Å². The molecule has 0 atom stereocenters. The van der Waals surface area contributed by atoms with E-state index in [1.807, 2.05) is 0 Å². The van der Waals surface area contributed by atoms with Crippen LogP contribution >= 0.6 is 0 Å². The SMILES string of the molecule is CCC(=O)N(O)CCCCCNC(=O)CCC(=O)N(O)CCCCCN. The zero-order valence-corrected chi connectivity index (χ0v) is 15.8. The predicted octanol–water partition coefficient (Wildman–Crippen LogP) is 1.03. The molecule has 0 heterocycles. The largest absolute Gasteiger partial charge is 0.356 e. The molecule has 0 spiro atoms. The molecule has 152 valence electrons. The van der Waals surface area contributed by atoms with Gasteiger partial charge < -0.3 is 11.1 Å². The van der Waals surface area contributed by atoms with E-state index in [2.05, 4.69) is 5.32 Å². The molecule has 0 saturated carbocycles. The number of carbonyl (C=O) groups is 3. The van der Waals surface area contributed by atoms with E-state index >= 15 is 0 Å². The molecule has 0 fully saturated rings. The van der Waals surface area contributed by atoms with Gasteiger partial charge in [0, 0.05) is 38.9 Å². The molecule has 9 nitrogen and oxygen atoms in total. The normalized spacial score (nSPS) is 10.5. The van der Waals surface area contributed by atoms with Crippen LogP contribution in [0.4, 0.5) is 0 Å². The number of carbonyl (C=O) groups excluding carboxylic acids is 3. The number of nitrogens with zero attached hydrogens (tertiary/aromatic N) is 2. The van der Waals surface area contributed by atoms with Crippen molar-refractivity contribution in [1.82, 2.24) is 15.4 Å². The Bertz CT molecular complexity index is 420. The lowest BCUT2D eigenvalue weighted by Crippen LogP contribution is -2.31. The standard InChI is InChI=1S/C17H34N4O5/c1-2-16(23)20(25)13-8-4-6-12-19-15(22)9-10-17(24)21(26)14-7-3-5-11-18/h25-26H,2-14,18H2,1H3,(H,19,22). The van der Waals surface area contributed by atoms with Gasteiger partial charge in [-0.3, -0.25) is 24.8 Å². The highest BCUT2D eigenvalue weighted by molar-refractivity contribution is 5.83. The summed E-state index contributed by atoms with van der Waals surface area (Å²) in [7, 11) is 0. The first-order valence-electron chi connectivity index (χ1n) is 9.37. The molecule has 0 aliphatic rings. The lowest BCUT2D eigenvalue weighted by Gasteiger charge is -2.14. The number of hydroxylamine groups is 4. The third-order valence-corrected chi connectivity index (χ3v) is 3.89. The van der Waals surface area contributed by atoms with Crippen LogP contribution in [0.5, 0.6) is 0 Å². The number of rotatable bonds is 15. The summed E-state index contributed by atoms with van der Waals surface area (Å²) in [6.45, 7) is 3.29. The molecule has 0 aromatic heterocycles. The monoisotopic (exact) mass is 374 g/mol. The van der Waals surface area contributed by atoms with Crippen molar-refractivity contribution in [3.05, 3.63) is 0 Å². The summed E-state index contributed by atoms with van der Waals surface area (Å²) in [5.41, 5.74) is 5.37. The van der Waals surface area contributed by atoms with Crippen molar-refractivity contribution in [3.63, 3.8) is 0 Å². The summed E-state index contributed by atoms with van der Waals surface area (Å²) < 4.78 is 0. The maximum absolute atomic E-state index is 11.7. The molecule has 3 amide bonds. The van der Waals surface area contributed by atoms with Crippen molar-refractivity contribution >= 4 is 17.7 Å². The molecule has 26 heavy (non-hydrogen) atoms. The number of unbranched alkanes of at least 4 members (excludes halogenated alkanes) is 4. The highest BCUT2D eigenvalue weighted by atomic mass is 16.5. The quantitative estimate of drug-likeness (QED) is 0.192. The number of hydrogen-bond acceptors (Lipinski definition) is 6. The van der Waals surface area contributed by atoms with Crippen LogP contribution in [0.15, 0.2) is 0 Å². The molecular formula is C17H34N4O5. The Balaban J connectivity index is 3.64. The molecule has 9 heteroatoms. The van der Waals surface area contributed by atoms with Gasteiger partial charge in [0.25, 0.3) is 0 Å². The lowest BCUT2D eigenvalue weighted by molar-refractivity contribution is -0.166. The van der Waals surface area contributed by atoms with E-state index in [4.69, 9.17) is 5.73 Å². The van der Waals surface area contributed by atoms with Crippen molar-refractivity contribution in [2.45, 2.75) is 64.7 Å². The van der Waals surface area contributed by atoms with Gasteiger partial charge in [-0.1, -0.05) is 13.3 Å². The molecule has 0 aliphatic carbocycles. The van der Waals surface area contributed by atoms with E-state index in [-0.39, 0.29) is 44.2 Å². The highest BCUT2D eigenvalue weighted by Gasteiger charge is 2.12. The zero-order chi connectivity index (χ0) is 19.8. The summed E-state index contributed by atoms with van der Waals surface area (Å²) in [5, 5.41) is 23.0. The second-order valence-corrected chi connectivity index (χ2v) is 6.15. The molecule has 5 N–H and O–H groups in total. The van der Waals surface area contributed by atoms with Crippen LogP contribution in [0.25, 0.3) is 0 Å². The van der Waals surface area contributed by atoms with Gasteiger partial charge >= 0.3 is 0 Å². The summed E-state index contributed by atoms with van der Waals surface area (Å²) in [6, 6.07) is 0. The Morgan fingerprint density at radius 1 is 0.846 bits per heavy atom. The first-order valence-corrected chi connectivity index (χ1v) is 9.37. The van der Waals surface area contributed by atoms with Gasteiger partial charge in [-0.05, 0) is 38.6 Å². The molecule has 0 radical (unpaired) electrons. The van der Waals surface area contributed by atoms with E-state index in [1.165, 1.54) is 0 Å². The summed E-state index contributed by atoms with van der Waals surface area (Å²) in [5.74, 6) is -1.00. The van der Waals surface area contributed by atoms with E-state index in [0.29, 0.717) is 31.0 Å². The van der Waals surface area contributed by atoms with E-state index in [9.17, 15) is 24.8 Å². The Kier molecular flexibility index (Phi) is 14.5. The third kappa shape index (κ3) is 12.6. The van der Waals surface area contributed by atoms with Crippen LogP contribution < -0.4 is 11.1 Å². The number of nitrogens with one attached hydrogen (secondary N) is 1. The second kappa shape index (κ2) is 15.5. The Hall–Kier alpha value is -1.71. The fraction of sp³-hybridized carbons (Fsp3) is 0.824. The molecule has 0 rings (SSSR count). The minimum Gasteiger partial charge on any atom is -0.356 e. The van der Waals surface area contributed by atoms with Crippen molar-refractivity contribution in [1.29, 1.82) is 0 Å². The fourth-order valence-electron chi connectivity index (χ4n) is 2.24. The van der Waals surface area contributed by atoms with E-state index in [0.717, 1.165) is 30.7 Å². The highest BCUT2D eigenvalue weighted by Crippen LogP contribution is 2.01. The van der Waals surface area contributed by atoms with Crippen LogP contribution in [0.1, 0.15) is 64.7 Å². The molecule has 0 saturated heterocycles. The average Bonchev–Trinajstić information content (AvgIpc) is 2.64. The van der Waals surface area contributed by atoms with Gasteiger partial charge in [0.1, 0.15) is 0 Å². The Morgan fingerprint density at radius 3 is 2.00 bits per heavy atom. The molecule has 0 aromatic carbocycles. The molecular weight excluding hydrogens is 340 g/mol. The number of hydrogen-bond donors (Lipinski definition) is 4. The van der Waals surface area contributed by atoms with Gasteiger partial charge in [0.15, 0.2) is 0 Å². The van der Waals surface area contributed by atoms with Crippen molar-refractivity contribution in [2.24, 2.45) is 5.73 Å². The topological polar surface area (TPSA) is 136 Å². The van der Waals surface area contributed by atoms with E-state index < -0.39 is 5.91 Å².